The molecule has 0 radical (unpaired) electrons. The molecule has 0 fully saturated rings. The van der Waals surface area contributed by atoms with Crippen molar-refractivity contribution in [2.75, 3.05) is 13.7 Å². The molecule has 1 heterocycles. The molecular formula is C27H35NO2S. The van der Waals surface area contributed by atoms with Crippen LogP contribution in [0.2, 0.25) is 0 Å². The van der Waals surface area contributed by atoms with Gasteiger partial charge in [-0.05, 0) is 85.0 Å². The van der Waals surface area contributed by atoms with E-state index in [0.29, 0.717) is 17.8 Å². The fraction of sp³-hybridized carbons (Fsp3) is 0.519. The van der Waals surface area contributed by atoms with E-state index >= 15 is 0 Å². The largest absolute Gasteiger partial charge is 0.497 e. The Bertz CT molecular complexity index is 908. The average Bonchev–Trinajstić information content (AvgIpc) is 3.13. The fourth-order valence-electron chi connectivity index (χ4n) is 4.95. The second kappa shape index (κ2) is 10.1. The Kier molecular flexibility index (Phi) is 7.27. The lowest BCUT2D eigenvalue weighted by Crippen LogP contribution is -2.20. The first kappa shape index (κ1) is 22.3. The van der Waals surface area contributed by atoms with E-state index in [2.05, 4.69) is 51.1 Å². The van der Waals surface area contributed by atoms with Crippen LogP contribution in [0.3, 0.4) is 0 Å². The van der Waals surface area contributed by atoms with Crippen LogP contribution >= 0.6 is 11.8 Å². The van der Waals surface area contributed by atoms with Crippen LogP contribution in [0.1, 0.15) is 69.1 Å². The molecule has 4 atom stereocenters. The van der Waals surface area contributed by atoms with Crippen LogP contribution in [0.5, 0.6) is 11.5 Å². The van der Waals surface area contributed by atoms with E-state index in [0.717, 1.165) is 28.9 Å². The van der Waals surface area contributed by atoms with Crippen LogP contribution in [0.4, 0.5) is 0 Å². The number of nitrogens with zero attached hydrogens (tertiary/aromatic N) is 1. The van der Waals surface area contributed by atoms with E-state index in [1.807, 2.05) is 23.9 Å². The van der Waals surface area contributed by atoms with Gasteiger partial charge in [-0.15, -0.1) is 11.8 Å². The van der Waals surface area contributed by atoms with Crippen LogP contribution in [0.15, 0.2) is 47.5 Å². The van der Waals surface area contributed by atoms with Gasteiger partial charge in [0.15, 0.2) is 0 Å². The summed E-state index contributed by atoms with van der Waals surface area (Å²) in [7, 11) is 1.70. The number of hydrogen-bond acceptors (Lipinski definition) is 4. The van der Waals surface area contributed by atoms with Crippen LogP contribution in [0.25, 0.3) is 0 Å². The van der Waals surface area contributed by atoms with Gasteiger partial charge in [-0.25, -0.2) is 0 Å². The van der Waals surface area contributed by atoms with E-state index in [4.69, 9.17) is 14.5 Å². The van der Waals surface area contributed by atoms with Crippen molar-refractivity contribution in [2.45, 2.75) is 70.1 Å². The number of aryl methyl sites for hydroxylation is 1. The molecule has 1 aliphatic carbocycles. The molecule has 2 aliphatic rings. The van der Waals surface area contributed by atoms with E-state index in [1.165, 1.54) is 42.4 Å². The monoisotopic (exact) mass is 437 g/mol. The molecule has 0 amide bonds. The molecule has 4 heteroatoms. The van der Waals surface area contributed by atoms with E-state index < -0.39 is 0 Å². The molecule has 0 N–H and O–H groups in total. The summed E-state index contributed by atoms with van der Waals surface area (Å²) >= 11 is 1.90. The zero-order chi connectivity index (χ0) is 21.8. The summed E-state index contributed by atoms with van der Waals surface area (Å²) in [5.74, 6) is 3.18. The van der Waals surface area contributed by atoms with Gasteiger partial charge >= 0.3 is 0 Å². The van der Waals surface area contributed by atoms with E-state index in [9.17, 15) is 0 Å². The van der Waals surface area contributed by atoms with Gasteiger partial charge in [0, 0.05) is 17.2 Å². The number of hydrogen-bond donors (Lipinski definition) is 0. The second-order valence-electron chi connectivity index (χ2n) is 9.01. The zero-order valence-electron chi connectivity index (χ0n) is 19.3. The third kappa shape index (κ3) is 5.28. The molecule has 4 rings (SSSR count). The molecule has 1 aliphatic heterocycles. The Morgan fingerprint density at radius 1 is 1.06 bits per heavy atom. The molecule has 0 saturated heterocycles. The molecule has 31 heavy (non-hydrogen) atoms. The van der Waals surface area contributed by atoms with Gasteiger partial charge in [0.05, 0.1) is 24.8 Å². The second-order valence-corrected chi connectivity index (χ2v) is 10.4. The Labute approximate surface area is 191 Å². The van der Waals surface area contributed by atoms with Crippen molar-refractivity contribution in [1.29, 1.82) is 0 Å². The maximum Gasteiger partial charge on any atom is 0.119 e. The van der Waals surface area contributed by atoms with Crippen molar-refractivity contribution in [2.24, 2.45) is 10.9 Å². The molecule has 0 aromatic heterocycles. The lowest BCUT2D eigenvalue weighted by atomic mass is 9.95. The third-order valence-electron chi connectivity index (χ3n) is 6.78. The molecular weight excluding hydrogens is 402 g/mol. The van der Waals surface area contributed by atoms with Crippen molar-refractivity contribution >= 4 is 16.8 Å². The number of aliphatic imine (C=N–C) groups is 1. The zero-order valence-corrected chi connectivity index (χ0v) is 20.1. The van der Waals surface area contributed by atoms with Crippen LogP contribution in [0, 0.1) is 5.92 Å². The number of ether oxygens (including phenoxy) is 2. The third-order valence-corrected chi connectivity index (χ3v) is 7.94. The van der Waals surface area contributed by atoms with Gasteiger partial charge in [-0.2, -0.15) is 0 Å². The highest BCUT2D eigenvalue weighted by Gasteiger charge is 2.26. The van der Waals surface area contributed by atoms with Crippen molar-refractivity contribution in [1.82, 2.24) is 0 Å². The molecule has 166 valence electrons. The summed E-state index contributed by atoms with van der Waals surface area (Å²) in [6.07, 6.45) is 5.83. The smallest absolute Gasteiger partial charge is 0.119 e. The van der Waals surface area contributed by atoms with Crippen LogP contribution < -0.4 is 9.47 Å². The van der Waals surface area contributed by atoms with Crippen molar-refractivity contribution in [3.63, 3.8) is 0 Å². The summed E-state index contributed by atoms with van der Waals surface area (Å²) in [5, 5.41) is 1.71. The number of thioether (sulfide) groups is 1. The highest BCUT2D eigenvalue weighted by Crippen LogP contribution is 2.37. The normalized spacial score (nSPS) is 25.5. The molecule has 0 bridgehead atoms. The molecule has 3 nitrogen and oxygen atoms in total. The Morgan fingerprint density at radius 3 is 2.58 bits per heavy atom. The number of rotatable bonds is 7. The SMILES string of the molecule is CCC1CCc2cc(OCCC3N=C(c4ccc(OC)cc4)SC(C)CC3C)ccc21. The molecule has 2 aromatic rings. The topological polar surface area (TPSA) is 30.8 Å². The number of methoxy groups -OCH3 is 1. The van der Waals surface area contributed by atoms with Gasteiger partial charge in [0.1, 0.15) is 11.5 Å². The number of benzene rings is 2. The summed E-state index contributed by atoms with van der Waals surface area (Å²) < 4.78 is 11.5. The molecule has 0 spiro atoms. The summed E-state index contributed by atoms with van der Waals surface area (Å²) in [6, 6.07) is 15.3. The maximum atomic E-state index is 6.20. The minimum absolute atomic E-state index is 0.286. The lowest BCUT2D eigenvalue weighted by molar-refractivity contribution is 0.275. The molecule has 2 aromatic carbocycles. The highest BCUT2D eigenvalue weighted by atomic mass is 32.2. The Balaban J connectivity index is 1.42. The molecule has 0 saturated carbocycles. The van der Waals surface area contributed by atoms with Gasteiger partial charge in [-0.1, -0.05) is 26.8 Å². The van der Waals surface area contributed by atoms with E-state index in [-0.39, 0.29) is 6.04 Å². The predicted octanol–water partition coefficient (Wildman–Crippen LogP) is 6.88. The van der Waals surface area contributed by atoms with Gasteiger partial charge in [0.25, 0.3) is 0 Å². The van der Waals surface area contributed by atoms with Gasteiger partial charge in [0.2, 0.25) is 0 Å². The first-order valence-corrected chi connectivity index (χ1v) is 12.6. The fourth-order valence-corrected chi connectivity index (χ4v) is 6.20. The first-order chi connectivity index (χ1) is 15.1. The van der Waals surface area contributed by atoms with Gasteiger partial charge < -0.3 is 9.47 Å². The average molecular weight is 438 g/mol. The van der Waals surface area contributed by atoms with Crippen molar-refractivity contribution < 1.29 is 9.47 Å². The summed E-state index contributed by atoms with van der Waals surface area (Å²) in [6.45, 7) is 7.65. The standard InChI is InChI=1S/C27H35NO2S/c1-5-20-6-7-22-17-24(12-13-25(20)22)30-15-14-26-18(2)16-19(3)31-27(28-26)21-8-10-23(29-4)11-9-21/h8-13,17-20,26H,5-7,14-16H2,1-4H3. The van der Waals surface area contributed by atoms with E-state index in [1.54, 1.807) is 7.11 Å². The summed E-state index contributed by atoms with van der Waals surface area (Å²) in [4.78, 5) is 5.20. The highest BCUT2D eigenvalue weighted by molar-refractivity contribution is 8.14. The lowest BCUT2D eigenvalue weighted by Gasteiger charge is -2.20. The number of fused-ring (bicyclic) bond motifs is 1. The predicted molar refractivity (Wildman–Crippen MR) is 132 cm³/mol. The minimum atomic E-state index is 0.286. The summed E-state index contributed by atoms with van der Waals surface area (Å²) in [5.41, 5.74) is 4.20. The minimum Gasteiger partial charge on any atom is -0.497 e. The Hall–Kier alpha value is -1.94. The van der Waals surface area contributed by atoms with Crippen LogP contribution in [-0.2, 0) is 6.42 Å². The maximum absolute atomic E-state index is 6.20. The van der Waals surface area contributed by atoms with Crippen LogP contribution in [-0.4, -0.2) is 30.1 Å². The molecule has 4 unspecified atom stereocenters. The van der Waals surface area contributed by atoms with Crippen molar-refractivity contribution in [3.8, 4) is 11.5 Å². The quantitative estimate of drug-likeness (QED) is 0.473. The first-order valence-electron chi connectivity index (χ1n) is 11.7. The Morgan fingerprint density at radius 2 is 1.84 bits per heavy atom. The van der Waals surface area contributed by atoms with Gasteiger partial charge in [-0.3, -0.25) is 4.99 Å². The van der Waals surface area contributed by atoms with Crippen molar-refractivity contribution in [3.05, 3.63) is 59.2 Å².